The van der Waals surface area contributed by atoms with E-state index in [2.05, 4.69) is 30.3 Å². The van der Waals surface area contributed by atoms with E-state index >= 15 is 0 Å². The molecule has 1 heterocycles. The van der Waals surface area contributed by atoms with Gasteiger partial charge in [0.05, 0.1) is 14.2 Å². The standard InChI is InChI=1S/C28H29NO4/c1-31-24-15-19-13-14-23-26(22(19)16-25(24)32-2)21-12-8-7-11-20(21)17-29(23)28(30)27(33-3)18-9-5-4-6-10-18/h4-12,15-16,23,26-27H,13-14,17H2,1-3H3/t23-,26-,27-/m1/s1. The fraction of sp³-hybridized carbons (Fsp3) is 0.321. The van der Waals surface area contributed by atoms with Gasteiger partial charge in [-0.3, -0.25) is 4.79 Å². The lowest BCUT2D eigenvalue weighted by Crippen LogP contribution is -2.50. The van der Waals surface area contributed by atoms with E-state index in [-0.39, 0.29) is 17.9 Å². The summed E-state index contributed by atoms with van der Waals surface area (Å²) in [4.78, 5) is 15.9. The molecule has 2 aliphatic rings. The van der Waals surface area contributed by atoms with E-state index in [9.17, 15) is 4.79 Å². The van der Waals surface area contributed by atoms with Crippen molar-refractivity contribution < 1.29 is 19.0 Å². The number of carbonyl (C=O) groups excluding carboxylic acids is 1. The molecule has 1 amide bonds. The number of fused-ring (bicyclic) bond motifs is 5. The number of hydrogen-bond acceptors (Lipinski definition) is 4. The van der Waals surface area contributed by atoms with Crippen LogP contribution in [-0.4, -0.2) is 38.2 Å². The Labute approximate surface area is 194 Å². The molecular formula is C28H29NO4. The predicted molar refractivity (Wildman–Crippen MR) is 127 cm³/mol. The van der Waals surface area contributed by atoms with Crippen molar-refractivity contribution in [1.82, 2.24) is 4.90 Å². The number of carbonyl (C=O) groups is 1. The Hall–Kier alpha value is -3.31. The fourth-order valence-corrected chi connectivity index (χ4v) is 5.51. The Bertz CT molecular complexity index is 1160. The molecule has 0 aromatic heterocycles. The average molecular weight is 444 g/mol. The van der Waals surface area contributed by atoms with E-state index in [1.54, 1.807) is 21.3 Å². The second kappa shape index (κ2) is 8.91. The summed E-state index contributed by atoms with van der Waals surface area (Å²) in [6, 6.07) is 22.5. The van der Waals surface area contributed by atoms with Gasteiger partial charge in [-0.15, -0.1) is 0 Å². The number of rotatable bonds is 5. The minimum absolute atomic E-state index is 0.0112. The molecule has 3 atom stereocenters. The van der Waals surface area contributed by atoms with Gasteiger partial charge in [0.25, 0.3) is 5.91 Å². The number of hydrogen-bond donors (Lipinski definition) is 0. The molecule has 5 rings (SSSR count). The lowest BCUT2D eigenvalue weighted by atomic mass is 9.71. The molecule has 5 nitrogen and oxygen atoms in total. The zero-order valence-electron chi connectivity index (χ0n) is 19.3. The van der Waals surface area contributed by atoms with Crippen LogP contribution in [0.2, 0.25) is 0 Å². The van der Waals surface area contributed by atoms with Gasteiger partial charge in [-0.05, 0) is 52.8 Å². The molecule has 0 spiro atoms. The molecular weight excluding hydrogens is 414 g/mol. The number of ether oxygens (including phenoxy) is 3. The van der Waals surface area contributed by atoms with Gasteiger partial charge in [0.2, 0.25) is 0 Å². The third kappa shape index (κ3) is 3.66. The molecule has 1 aliphatic heterocycles. The van der Waals surface area contributed by atoms with E-state index < -0.39 is 6.10 Å². The van der Waals surface area contributed by atoms with Crippen LogP contribution in [-0.2, 0) is 22.5 Å². The van der Waals surface area contributed by atoms with E-state index in [1.165, 1.54) is 22.3 Å². The Balaban J connectivity index is 1.60. The molecule has 3 aromatic carbocycles. The van der Waals surface area contributed by atoms with Crippen molar-refractivity contribution in [1.29, 1.82) is 0 Å². The van der Waals surface area contributed by atoms with Crippen molar-refractivity contribution >= 4 is 5.91 Å². The molecule has 3 aromatic rings. The van der Waals surface area contributed by atoms with Crippen molar-refractivity contribution in [2.45, 2.75) is 37.5 Å². The van der Waals surface area contributed by atoms with Gasteiger partial charge in [0.1, 0.15) is 0 Å². The Morgan fingerprint density at radius 1 is 0.879 bits per heavy atom. The van der Waals surface area contributed by atoms with Gasteiger partial charge >= 0.3 is 0 Å². The third-order valence-corrected chi connectivity index (χ3v) is 7.05. The van der Waals surface area contributed by atoms with Crippen LogP contribution in [0.5, 0.6) is 11.5 Å². The third-order valence-electron chi connectivity index (χ3n) is 7.05. The molecule has 0 radical (unpaired) electrons. The minimum Gasteiger partial charge on any atom is -0.493 e. The van der Waals surface area contributed by atoms with Gasteiger partial charge in [0.15, 0.2) is 17.6 Å². The maximum absolute atomic E-state index is 13.9. The first-order valence-corrected chi connectivity index (χ1v) is 11.4. The highest BCUT2D eigenvalue weighted by Crippen LogP contribution is 2.47. The van der Waals surface area contributed by atoms with Crippen molar-refractivity contribution in [2.75, 3.05) is 21.3 Å². The van der Waals surface area contributed by atoms with Crippen LogP contribution in [0.25, 0.3) is 0 Å². The van der Waals surface area contributed by atoms with Crippen LogP contribution in [0.3, 0.4) is 0 Å². The highest BCUT2D eigenvalue weighted by Gasteiger charge is 2.43. The topological polar surface area (TPSA) is 48.0 Å². The number of methoxy groups -OCH3 is 3. The second-order valence-corrected chi connectivity index (χ2v) is 8.68. The molecule has 0 saturated carbocycles. The molecule has 1 aliphatic carbocycles. The number of nitrogens with zero attached hydrogens (tertiary/aromatic N) is 1. The lowest BCUT2D eigenvalue weighted by Gasteiger charge is -2.46. The summed E-state index contributed by atoms with van der Waals surface area (Å²) in [7, 11) is 4.94. The maximum atomic E-state index is 13.9. The summed E-state index contributed by atoms with van der Waals surface area (Å²) in [5.74, 6) is 1.56. The van der Waals surface area contributed by atoms with Gasteiger partial charge < -0.3 is 19.1 Å². The minimum atomic E-state index is -0.621. The van der Waals surface area contributed by atoms with Crippen molar-refractivity contribution in [3.63, 3.8) is 0 Å². The normalized spacial score (nSPS) is 19.7. The molecule has 0 unspecified atom stereocenters. The van der Waals surface area contributed by atoms with E-state index in [0.29, 0.717) is 6.54 Å². The first kappa shape index (κ1) is 21.5. The van der Waals surface area contributed by atoms with E-state index in [4.69, 9.17) is 14.2 Å². The molecule has 0 bridgehead atoms. The summed E-state index contributed by atoms with van der Waals surface area (Å²) in [5.41, 5.74) is 5.81. The highest BCUT2D eigenvalue weighted by molar-refractivity contribution is 5.83. The zero-order chi connectivity index (χ0) is 22.9. The number of aryl methyl sites for hydroxylation is 1. The molecule has 0 fully saturated rings. The second-order valence-electron chi connectivity index (χ2n) is 8.68. The predicted octanol–water partition coefficient (Wildman–Crippen LogP) is 4.88. The van der Waals surface area contributed by atoms with Crippen LogP contribution in [0.4, 0.5) is 0 Å². The Kier molecular flexibility index (Phi) is 5.81. The van der Waals surface area contributed by atoms with Crippen molar-refractivity contribution in [3.8, 4) is 11.5 Å². The van der Waals surface area contributed by atoms with Crippen LogP contribution in [0.15, 0.2) is 66.7 Å². The fourth-order valence-electron chi connectivity index (χ4n) is 5.51. The van der Waals surface area contributed by atoms with Gasteiger partial charge in [-0.25, -0.2) is 0 Å². The summed E-state index contributed by atoms with van der Waals surface area (Å²) in [5, 5.41) is 0. The van der Waals surface area contributed by atoms with E-state index in [1.807, 2.05) is 41.3 Å². The lowest BCUT2D eigenvalue weighted by molar-refractivity contribution is -0.147. The van der Waals surface area contributed by atoms with Gasteiger partial charge in [-0.1, -0.05) is 54.6 Å². The highest BCUT2D eigenvalue weighted by atomic mass is 16.5. The zero-order valence-corrected chi connectivity index (χ0v) is 19.3. The molecule has 33 heavy (non-hydrogen) atoms. The quantitative estimate of drug-likeness (QED) is 0.564. The van der Waals surface area contributed by atoms with Crippen molar-refractivity contribution in [2.24, 2.45) is 0 Å². The Morgan fingerprint density at radius 2 is 1.58 bits per heavy atom. The summed E-state index contributed by atoms with van der Waals surface area (Å²) >= 11 is 0. The van der Waals surface area contributed by atoms with Crippen LogP contribution in [0, 0.1) is 0 Å². The summed E-state index contributed by atoms with van der Waals surface area (Å²) < 4.78 is 16.9. The van der Waals surface area contributed by atoms with E-state index in [0.717, 1.165) is 29.9 Å². The largest absolute Gasteiger partial charge is 0.493 e. The molecule has 5 heteroatoms. The monoisotopic (exact) mass is 443 g/mol. The molecule has 0 saturated heterocycles. The first-order valence-electron chi connectivity index (χ1n) is 11.4. The van der Waals surface area contributed by atoms with Gasteiger partial charge in [0, 0.05) is 25.6 Å². The molecule has 0 N–H and O–H groups in total. The number of benzene rings is 3. The number of amides is 1. The van der Waals surface area contributed by atoms with Crippen molar-refractivity contribution in [3.05, 3.63) is 94.5 Å². The van der Waals surface area contributed by atoms with Crippen LogP contribution < -0.4 is 9.47 Å². The van der Waals surface area contributed by atoms with Crippen LogP contribution >= 0.6 is 0 Å². The summed E-state index contributed by atoms with van der Waals surface area (Å²) in [6.45, 7) is 0.589. The Morgan fingerprint density at radius 3 is 2.30 bits per heavy atom. The van der Waals surface area contributed by atoms with Gasteiger partial charge in [-0.2, -0.15) is 0 Å². The first-order chi connectivity index (χ1) is 16.2. The summed E-state index contributed by atoms with van der Waals surface area (Å²) in [6.07, 6.45) is 1.15. The average Bonchev–Trinajstić information content (AvgIpc) is 2.87. The maximum Gasteiger partial charge on any atom is 0.256 e. The SMILES string of the molecule is COc1cc2c(cc1OC)[C@H]1c3ccccc3CN(C(=O)[C@H](OC)c3ccccc3)[C@@H]1CC2. The van der Waals surface area contributed by atoms with Crippen LogP contribution in [0.1, 0.15) is 46.3 Å². The molecule has 170 valence electrons. The smallest absolute Gasteiger partial charge is 0.256 e.